The van der Waals surface area contributed by atoms with Gasteiger partial charge in [0, 0.05) is 12.6 Å². The predicted octanol–water partition coefficient (Wildman–Crippen LogP) is -0.779. The van der Waals surface area contributed by atoms with Crippen LogP contribution in [0.15, 0.2) is 18.2 Å². The molecule has 0 heterocycles. The second-order valence-electron chi connectivity index (χ2n) is 2.79. The van der Waals surface area contributed by atoms with Crippen molar-refractivity contribution >= 4 is 12.6 Å². The van der Waals surface area contributed by atoms with E-state index in [0.717, 1.165) is 0 Å². The summed E-state index contributed by atoms with van der Waals surface area (Å²) >= 11 is 0. The fourth-order valence-electron chi connectivity index (χ4n) is 1.06. The van der Waals surface area contributed by atoms with E-state index in [1.165, 1.54) is 25.3 Å². The lowest BCUT2D eigenvalue weighted by Crippen LogP contribution is -2.31. The third kappa shape index (κ3) is 2.96. The predicted molar refractivity (Wildman–Crippen MR) is 53.5 cm³/mol. The van der Waals surface area contributed by atoms with Crippen molar-refractivity contribution in [2.24, 2.45) is 0 Å². The van der Waals surface area contributed by atoms with Crippen LogP contribution in [0.25, 0.3) is 0 Å². The minimum atomic E-state index is -1.63. The van der Waals surface area contributed by atoms with Gasteiger partial charge in [-0.05, 0) is 12.1 Å². The summed E-state index contributed by atoms with van der Waals surface area (Å²) in [6, 6.07) is 6.26. The molecule has 0 atom stereocenters. The molecular formula is C9H10BNO4. The Hall–Kier alpha value is -1.55. The summed E-state index contributed by atoms with van der Waals surface area (Å²) in [5, 5.41) is 26.7. The lowest BCUT2D eigenvalue weighted by Gasteiger charge is -2.10. The summed E-state index contributed by atoms with van der Waals surface area (Å²) < 4.78 is 9.78. The molecule has 0 aliphatic carbocycles. The average molecular weight is 207 g/mol. The van der Waals surface area contributed by atoms with Crippen molar-refractivity contribution in [3.8, 4) is 11.8 Å². The molecule has 0 radical (unpaired) electrons. The molecule has 0 fully saturated rings. The first kappa shape index (κ1) is 11.5. The van der Waals surface area contributed by atoms with Crippen LogP contribution in [0.3, 0.4) is 0 Å². The first-order valence-corrected chi connectivity index (χ1v) is 4.21. The molecule has 6 heteroatoms. The van der Waals surface area contributed by atoms with Gasteiger partial charge in [-0.3, -0.25) is 0 Å². The number of nitriles is 1. The summed E-state index contributed by atoms with van der Waals surface area (Å²) in [4.78, 5) is 0. The van der Waals surface area contributed by atoms with Gasteiger partial charge in [0.05, 0.1) is 11.6 Å². The molecule has 5 nitrogen and oxygen atoms in total. The van der Waals surface area contributed by atoms with Crippen LogP contribution in [0.4, 0.5) is 0 Å². The molecule has 0 spiro atoms. The fraction of sp³-hybridized carbons (Fsp3) is 0.222. The lowest BCUT2D eigenvalue weighted by atomic mass is 9.79. The van der Waals surface area contributed by atoms with E-state index in [1.807, 2.05) is 6.07 Å². The van der Waals surface area contributed by atoms with Gasteiger partial charge in [0.25, 0.3) is 0 Å². The Labute approximate surface area is 87.6 Å². The van der Waals surface area contributed by atoms with Crippen LogP contribution >= 0.6 is 0 Å². The number of methoxy groups -OCH3 is 1. The Balaban J connectivity index is 3.01. The molecule has 2 N–H and O–H groups in total. The van der Waals surface area contributed by atoms with E-state index in [9.17, 15) is 0 Å². The van der Waals surface area contributed by atoms with Crippen molar-refractivity contribution in [3.05, 3.63) is 23.8 Å². The summed E-state index contributed by atoms with van der Waals surface area (Å²) in [5.41, 5.74) is 0.580. The van der Waals surface area contributed by atoms with Gasteiger partial charge < -0.3 is 19.5 Å². The fourth-order valence-corrected chi connectivity index (χ4v) is 1.06. The standard InChI is InChI=1S/C9H10BNO4/c1-14-6-15-9-4-7(5-11)2-3-8(9)10(12)13/h2-4,12-13H,6H2,1H3. The second-order valence-corrected chi connectivity index (χ2v) is 2.79. The number of hydrogen-bond donors (Lipinski definition) is 2. The Morgan fingerprint density at radius 1 is 1.47 bits per heavy atom. The molecule has 1 aromatic carbocycles. The van der Waals surface area contributed by atoms with Gasteiger partial charge in [-0.1, -0.05) is 6.07 Å². The molecule has 1 aromatic rings. The third-order valence-electron chi connectivity index (χ3n) is 1.75. The van der Waals surface area contributed by atoms with E-state index < -0.39 is 7.12 Å². The molecule has 0 saturated carbocycles. The molecule has 1 rings (SSSR count). The van der Waals surface area contributed by atoms with Crippen LogP contribution < -0.4 is 10.2 Å². The minimum absolute atomic E-state index is 0.0192. The number of rotatable bonds is 4. The minimum Gasteiger partial charge on any atom is -0.468 e. The van der Waals surface area contributed by atoms with Gasteiger partial charge >= 0.3 is 7.12 Å². The monoisotopic (exact) mass is 207 g/mol. The molecule has 0 aliphatic heterocycles. The van der Waals surface area contributed by atoms with Crippen molar-refractivity contribution in [2.75, 3.05) is 13.9 Å². The highest BCUT2D eigenvalue weighted by molar-refractivity contribution is 6.59. The van der Waals surface area contributed by atoms with Gasteiger partial charge in [0.15, 0.2) is 6.79 Å². The Morgan fingerprint density at radius 3 is 2.73 bits per heavy atom. The van der Waals surface area contributed by atoms with Crippen LogP contribution in [0.2, 0.25) is 0 Å². The first-order valence-electron chi connectivity index (χ1n) is 4.21. The van der Waals surface area contributed by atoms with Crippen molar-refractivity contribution in [1.29, 1.82) is 5.26 Å². The summed E-state index contributed by atoms with van der Waals surface area (Å²) in [6.07, 6.45) is 0. The zero-order valence-electron chi connectivity index (χ0n) is 8.17. The van der Waals surface area contributed by atoms with Crippen molar-refractivity contribution in [2.45, 2.75) is 0 Å². The third-order valence-corrected chi connectivity index (χ3v) is 1.75. The summed E-state index contributed by atoms with van der Waals surface area (Å²) in [6.45, 7) is -0.0192. The molecule has 78 valence electrons. The second kappa shape index (κ2) is 5.36. The van der Waals surface area contributed by atoms with E-state index >= 15 is 0 Å². The number of ether oxygens (including phenoxy) is 2. The van der Waals surface area contributed by atoms with E-state index in [1.54, 1.807) is 0 Å². The molecule has 0 amide bonds. The van der Waals surface area contributed by atoms with Gasteiger partial charge in [0.1, 0.15) is 5.75 Å². The zero-order chi connectivity index (χ0) is 11.3. The highest BCUT2D eigenvalue weighted by Crippen LogP contribution is 2.11. The number of benzene rings is 1. The van der Waals surface area contributed by atoms with Crippen LogP contribution in [0.5, 0.6) is 5.75 Å². The maximum Gasteiger partial charge on any atom is 0.492 e. The molecule has 0 saturated heterocycles. The molecular weight excluding hydrogens is 197 g/mol. The highest BCUT2D eigenvalue weighted by Gasteiger charge is 2.17. The number of nitrogens with zero attached hydrogens (tertiary/aromatic N) is 1. The van der Waals surface area contributed by atoms with E-state index in [2.05, 4.69) is 4.74 Å². The maximum atomic E-state index is 9.02. The largest absolute Gasteiger partial charge is 0.492 e. The smallest absolute Gasteiger partial charge is 0.468 e. The van der Waals surface area contributed by atoms with Gasteiger partial charge in [-0.25, -0.2) is 0 Å². The van der Waals surface area contributed by atoms with Gasteiger partial charge in [-0.15, -0.1) is 0 Å². The Bertz CT molecular complexity index is 375. The molecule has 0 unspecified atom stereocenters. The zero-order valence-corrected chi connectivity index (χ0v) is 8.17. The normalized spacial score (nSPS) is 9.47. The molecule has 0 aromatic heterocycles. The van der Waals surface area contributed by atoms with E-state index in [4.69, 9.17) is 20.0 Å². The molecule has 15 heavy (non-hydrogen) atoms. The van der Waals surface area contributed by atoms with Crippen LogP contribution in [0.1, 0.15) is 5.56 Å². The summed E-state index contributed by atoms with van der Waals surface area (Å²) in [5.74, 6) is 0.228. The van der Waals surface area contributed by atoms with Crippen LogP contribution in [0, 0.1) is 11.3 Å². The lowest BCUT2D eigenvalue weighted by molar-refractivity contribution is 0.0517. The maximum absolute atomic E-state index is 9.02. The van der Waals surface area contributed by atoms with Crippen LogP contribution in [-0.2, 0) is 4.74 Å². The first-order chi connectivity index (χ1) is 7.19. The van der Waals surface area contributed by atoms with Crippen molar-refractivity contribution in [3.63, 3.8) is 0 Å². The molecule has 0 bridgehead atoms. The van der Waals surface area contributed by atoms with Gasteiger partial charge in [0.2, 0.25) is 0 Å². The van der Waals surface area contributed by atoms with Gasteiger partial charge in [-0.2, -0.15) is 5.26 Å². The SMILES string of the molecule is COCOc1cc(C#N)ccc1B(O)O. The topological polar surface area (TPSA) is 82.7 Å². The van der Waals surface area contributed by atoms with E-state index in [-0.39, 0.29) is 18.0 Å². The summed E-state index contributed by atoms with van der Waals surface area (Å²) in [7, 11) is -0.187. The quantitative estimate of drug-likeness (QED) is 0.499. The van der Waals surface area contributed by atoms with E-state index in [0.29, 0.717) is 5.56 Å². The van der Waals surface area contributed by atoms with Crippen molar-refractivity contribution < 1.29 is 19.5 Å². The highest BCUT2D eigenvalue weighted by atomic mass is 16.7. The Morgan fingerprint density at radius 2 is 2.20 bits per heavy atom. The molecule has 0 aliphatic rings. The number of hydrogen-bond acceptors (Lipinski definition) is 5. The van der Waals surface area contributed by atoms with Crippen molar-refractivity contribution in [1.82, 2.24) is 0 Å². The van der Waals surface area contributed by atoms with Crippen LogP contribution in [-0.4, -0.2) is 31.1 Å². The Kier molecular flexibility index (Phi) is 4.12. The average Bonchev–Trinajstić information content (AvgIpc) is 2.25.